The van der Waals surface area contributed by atoms with E-state index in [4.69, 9.17) is 9.15 Å². The zero-order chi connectivity index (χ0) is 23.5. The molecule has 0 bridgehead atoms. The summed E-state index contributed by atoms with van der Waals surface area (Å²) in [6, 6.07) is 14.6. The number of thiazole rings is 1. The van der Waals surface area contributed by atoms with E-state index in [0.29, 0.717) is 22.0 Å². The van der Waals surface area contributed by atoms with Crippen molar-refractivity contribution in [3.05, 3.63) is 65.4 Å². The second kappa shape index (κ2) is 9.25. The standard InChI is InChI=1S/C24H21N3O5S/c1-13-20(24(30)31-3)21(23-26-17-6-4-5-7-18(17)33-23)22(32-13)27-19(29)12-15-8-10-16(11-9-15)25-14(2)28/h4-11H,12H2,1-3H3,(H,25,28)(H,27,29). The maximum absolute atomic E-state index is 12.8. The smallest absolute Gasteiger partial charge is 0.342 e. The molecule has 4 rings (SSSR count). The van der Waals surface area contributed by atoms with Crippen molar-refractivity contribution in [2.24, 2.45) is 0 Å². The number of methoxy groups -OCH3 is 1. The van der Waals surface area contributed by atoms with E-state index in [9.17, 15) is 14.4 Å². The van der Waals surface area contributed by atoms with E-state index in [-0.39, 0.29) is 29.7 Å². The summed E-state index contributed by atoms with van der Waals surface area (Å²) >= 11 is 1.39. The SMILES string of the molecule is COC(=O)c1c(C)oc(NC(=O)Cc2ccc(NC(C)=O)cc2)c1-c1nc2ccccc2s1. The van der Waals surface area contributed by atoms with Crippen LogP contribution < -0.4 is 10.6 Å². The third-order valence-corrected chi connectivity index (χ3v) is 5.93. The number of amides is 2. The monoisotopic (exact) mass is 463 g/mol. The lowest BCUT2D eigenvalue weighted by Gasteiger charge is -2.06. The van der Waals surface area contributed by atoms with E-state index < -0.39 is 5.97 Å². The number of aryl methyl sites for hydroxylation is 1. The van der Waals surface area contributed by atoms with Gasteiger partial charge in [0.1, 0.15) is 16.3 Å². The number of nitrogens with one attached hydrogen (secondary N) is 2. The van der Waals surface area contributed by atoms with Gasteiger partial charge in [-0.25, -0.2) is 9.78 Å². The molecule has 0 saturated carbocycles. The summed E-state index contributed by atoms with van der Waals surface area (Å²) < 4.78 is 11.7. The fourth-order valence-electron chi connectivity index (χ4n) is 3.43. The van der Waals surface area contributed by atoms with Crippen LogP contribution in [0.2, 0.25) is 0 Å². The van der Waals surface area contributed by atoms with Crippen molar-refractivity contribution in [1.82, 2.24) is 4.98 Å². The van der Waals surface area contributed by atoms with Gasteiger partial charge in [-0.15, -0.1) is 11.3 Å². The highest BCUT2D eigenvalue weighted by atomic mass is 32.1. The molecule has 0 aliphatic rings. The minimum atomic E-state index is -0.570. The first-order chi connectivity index (χ1) is 15.9. The van der Waals surface area contributed by atoms with Crippen LogP contribution in [-0.2, 0) is 20.7 Å². The Labute approximate surface area is 193 Å². The van der Waals surface area contributed by atoms with Crippen LogP contribution in [-0.4, -0.2) is 29.9 Å². The van der Waals surface area contributed by atoms with Crippen molar-refractivity contribution in [3.63, 3.8) is 0 Å². The number of hydrogen-bond donors (Lipinski definition) is 2. The summed E-state index contributed by atoms with van der Waals surface area (Å²) in [5.74, 6) is -0.593. The number of carbonyl (C=O) groups excluding carboxylic acids is 3. The first-order valence-corrected chi connectivity index (χ1v) is 10.9. The summed E-state index contributed by atoms with van der Waals surface area (Å²) in [4.78, 5) is 41.1. The van der Waals surface area contributed by atoms with Crippen LogP contribution in [0.1, 0.15) is 28.6 Å². The average Bonchev–Trinajstić information content (AvgIpc) is 3.34. The van der Waals surface area contributed by atoms with Gasteiger partial charge in [-0.1, -0.05) is 24.3 Å². The number of furan rings is 1. The molecule has 0 saturated heterocycles. The molecule has 0 unspecified atom stereocenters. The Balaban J connectivity index is 1.64. The minimum absolute atomic E-state index is 0.0763. The van der Waals surface area contributed by atoms with Gasteiger partial charge in [0.05, 0.1) is 29.3 Å². The number of hydrogen-bond acceptors (Lipinski definition) is 7. The number of anilines is 2. The van der Waals surface area contributed by atoms with Crippen LogP contribution >= 0.6 is 11.3 Å². The first kappa shape index (κ1) is 22.2. The van der Waals surface area contributed by atoms with E-state index in [2.05, 4.69) is 15.6 Å². The largest absolute Gasteiger partial charge is 0.465 e. The topological polar surface area (TPSA) is 111 Å². The third-order valence-electron chi connectivity index (χ3n) is 4.87. The minimum Gasteiger partial charge on any atom is -0.465 e. The van der Waals surface area contributed by atoms with Gasteiger partial charge < -0.3 is 14.5 Å². The normalized spacial score (nSPS) is 10.8. The molecular formula is C24H21N3O5S. The molecular weight excluding hydrogens is 442 g/mol. The van der Waals surface area contributed by atoms with Crippen molar-refractivity contribution in [1.29, 1.82) is 0 Å². The molecule has 9 heteroatoms. The molecule has 2 amide bonds. The highest BCUT2D eigenvalue weighted by Gasteiger charge is 2.28. The third kappa shape index (κ3) is 4.78. The van der Waals surface area contributed by atoms with Crippen molar-refractivity contribution < 1.29 is 23.5 Å². The van der Waals surface area contributed by atoms with E-state index in [1.165, 1.54) is 25.4 Å². The maximum Gasteiger partial charge on any atom is 0.342 e. The van der Waals surface area contributed by atoms with E-state index in [1.54, 1.807) is 31.2 Å². The number of aromatic nitrogens is 1. The fraction of sp³-hybridized carbons (Fsp3) is 0.167. The Morgan fingerprint density at radius 3 is 2.45 bits per heavy atom. The Hall–Kier alpha value is -3.98. The second-order valence-electron chi connectivity index (χ2n) is 7.32. The molecule has 2 heterocycles. The molecule has 2 aromatic heterocycles. The van der Waals surface area contributed by atoms with Crippen molar-refractivity contribution >= 4 is 50.9 Å². The number of ether oxygens (including phenoxy) is 1. The van der Waals surface area contributed by atoms with Crippen LogP contribution in [0.5, 0.6) is 0 Å². The molecule has 0 atom stereocenters. The maximum atomic E-state index is 12.8. The molecule has 0 fully saturated rings. The molecule has 0 aliphatic heterocycles. The van der Waals surface area contributed by atoms with Gasteiger partial charge in [0.2, 0.25) is 17.7 Å². The Bertz CT molecular complexity index is 1320. The molecule has 168 valence electrons. The average molecular weight is 464 g/mol. The first-order valence-electron chi connectivity index (χ1n) is 10.1. The number of benzene rings is 2. The number of para-hydroxylation sites is 1. The highest BCUT2D eigenvalue weighted by Crippen LogP contribution is 2.40. The van der Waals surface area contributed by atoms with Crippen LogP contribution in [0.15, 0.2) is 52.9 Å². The summed E-state index contributed by atoms with van der Waals surface area (Å²) in [7, 11) is 1.29. The number of esters is 1. The molecule has 0 aliphatic carbocycles. The van der Waals surface area contributed by atoms with Gasteiger partial charge in [-0.2, -0.15) is 0 Å². The summed E-state index contributed by atoms with van der Waals surface area (Å²) in [6.07, 6.45) is 0.0763. The molecule has 33 heavy (non-hydrogen) atoms. The zero-order valence-electron chi connectivity index (χ0n) is 18.2. The van der Waals surface area contributed by atoms with Crippen LogP contribution in [0, 0.1) is 6.92 Å². The van der Waals surface area contributed by atoms with E-state index in [1.807, 2.05) is 24.3 Å². The quantitative estimate of drug-likeness (QED) is 0.398. The number of rotatable bonds is 6. The van der Waals surface area contributed by atoms with Crippen molar-refractivity contribution in [3.8, 4) is 10.6 Å². The van der Waals surface area contributed by atoms with Crippen LogP contribution in [0.3, 0.4) is 0 Å². The van der Waals surface area contributed by atoms with Crippen molar-refractivity contribution in [2.45, 2.75) is 20.3 Å². The lowest BCUT2D eigenvalue weighted by atomic mass is 10.1. The van der Waals surface area contributed by atoms with Crippen LogP contribution in [0.4, 0.5) is 11.6 Å². The fourth-order valence-corrected chi connectivity index (χ4v) is 4.44. The lowest BCUT2D eigenvalue weighted by Crippen LogP contribution is -2.15. The molecule has 8 nitrogen and oxygen atoms in total. The molecule has 0 spiro atoms. The number of fused-ring (bicyclic) bond motifs is 1. The molecule has 2 aromatic carbocycles. The van der Waals surface area contributed by atoms with Gasteiger partial charge in [0.25, 0.3) is 0 Å². The van der Waals surface area contributed by atoms with Gasteiger partial charge in [-0.3, -0.25) is 14.9 Å². The van der Waals surface area contributed by atoms with Gasteiger partial charge >= 0.3 is 5.97 Å². The highest BCUT2D eigenvalue weighted by molar-refractivity contribution is 7.21. The Kier molecular flexibility index (Phi) is 6.23. The van der Waals surface area contributed by atoms with E-state index >= 15 is 0 Å². The number of nitrogens with zero attached hydrogens (tertiary/aromatic N) is 1. The molecule has 2 N–H and O–H groups in total. The zero-order valence-corrected chi connectivity index (χ0v) is 19.0. The summed E-state index contributed by atoms with van der Waals surface area (Å²) in [6.45, 7) is 3.07. The predicted octanol–water partition coefficient (Wildman–Crippen LogP) is 4.79. The van der Waals surface area contributed by atoms with Crippen molar-refractivity contribution in [2.75, 3.05) is 17.7 Å². The number of carbonyl (C=O) groups is 3. The predicted molar refractivity (Wildman–Crippen MR) is 126 cm³/mol. The molecule has 0 radical (unpaired) electrons. The Morgan fingerprint density at radius 2 is 1.79 bits per heavy atom. The Morgan fingerprint density at radius 1 is 1.06 bits per heavy atom. The second-order valence-corrected chi connectivity index (χ2v) is 8.35. The summed E-state index contributed by atoms with van der Waals surface area (Å²) in [5.41, 5.74) is 2.80. The van der Waals surface area contributed by atoms with Crippen LogP contribution in [0.25, 0.3) is 20.8 Å². The molecule has 4 aromatic rings. The summed E-state index contributed by atoms with van der Waals surface area (Å²) in [5, 5.41) is 6.00. The van der Waals surface area contributed by atoms with Gasteiger partial charge in [0, 0.05) is 12.6 Å². The van der Waals surface area contributed by atoms with Gasteiger partial charge in [0.15, 0.2) is 0 Å². The lowest BCUT2D eigenvalue weighted by molar-refractivity contribution is -0.116. The van der Waals surface area contributed by atoms with E-state index in [0.717, 1.165) is 15.8 Å². The van der Waals surface area contributed by atoms with Gasteiger partial charge in [-0.05, 0) is 36.8 Å².